The molecule has 1 heterocycles. The number of benzene rings is 3. The van der Waals surface area contributed by atoms with E-state index in [-0.39, 0.29) is 36.7 Å². The molecule has 0 radical (unpaired) electrons. The molecule has 6 heteroatoms. The molecule has 1 N–H and O–H groups in total. The first-order valence-electron chi connectivity index (χ1n) is 10.8. The van der Waals surface area contributed by atoms with Crippen LogP contribution in [0.4, 0.5) is 0 Å². The lowest BCUT2D eigenvalue weighted by atomic mass is 9.94. The normalized spacial score (nSPS) is 13.9. The van der Waals surface area contributed by atoms with Crippen LogP contribution in [0, 0.1) is 0 Å². The van der Waals surface area contributed by atoms with Crippen LogP contribution in [-0.2, 0) is 4.79 Å². The van der Waals surface area contributed by atoms with E-state index < -0.39 is 0 Å². The first kappa shape index (κ1) is 21.6. The monoisotopic (exact) mass is 430 g/mol. The van der Waals surface area contributed by atoms with Gasteiger partial charge in [0, 0.05) is 35.0 Å². The third-order valence-electron chi connectivity index (χ3n) is 5.90. The Morgan fingerprint density at radius 2 is 1.62 bits per heavy atom. The summed E-state index contributed by atoms with van der Waals surface area (Å²) in [6.45, 7) is 2.20. The number of nitrogens with zero attached hydrogens (tertiary/aromatic N) is 1. The van der Waals surface area contributed by atoms with Crippen LogP contribution < -0.4 is 10.1 Å². The van der Waals surface area contributed by atoms with E-state index in [0.29, 0.717) is 22.9 Å². The van der Waals surface area contributed by atoms with Gasteiger partial charge in [-0.15, -0.1) is 0 Å². The largest absolute Gasteiger partial charge is 0.496 e. The van der Waals surface area contributed by atoms with Gasteiger partial charge in [0.05, 0.1) is 13.2 Å². The standard InChI is InChI=1S/C26H26N2O4/c1-3-21(18-11-4-5-14-22(18)32-2)27-23(29)15-8-16-28-25(30)19-12-6-9-17-10-7-13-20(24(17)19)26(28)31/h4-7,9-14,21H,3,8,15-16H2,1-2H3,(H,27,29). The van der Waals surface area contributed by atoms with Crippen molar-refractivity contribution in [1.29, 1.82) is 0 Å². The van der Waals surface area contributed by atoms with E-state index in [9.17, 15) is 14.4 Å². The summed E-state index contributed by atoms with van der Waals surface area (Å²) in [6, 6.07) is 18.4. The highest BCUT2D eigenvalue weighted by Crippen LogP contribution is 2.30. The Labute approximate surface area is 187 Å². The maximum Gasteiger partial charge on any atom is 0.261 e. The van der Waals surface area contributed by atoms with Gasteiger partial charge in [0.15, 0.2) is 0 Å². The van der Waals surface area contributed by atoms with Gasteiger partial charge in [-0.2, -0.15) is 0 Å². The highest BCUT2D eigenvalue weighted by molar-refractivity contribution is 6.25. The van der Waals surface area contributed by atoms with E-state index in [1.807, 2.05) is 55.5 Å². The number of methoxy groups -OCH3 is 1. The molecular formula is C26H26N2O4. The SMILES string of the molecule is CCC(NC(=O)CCCN1C(=O)c2cccc3cccc(c23)C1=O)c1ccccc1OC. The van der Waals surface area contributed by atoms with E-state index in [4.69, 9.17) is 4.74 Å². The number of ether oxygens (including phenoxy) is 1. The Bertz CT molecular complexity index is 1140. The summed E-state index contributed by atoms with van der Waals surface area (Å²) in [4.78, 5) is 39.8. The van der Waals surface area contributed by atoms with Crippen molar-refractivity contribution < 1.29 is 19.1 Å². The van der Waals surface area contributed by atoms with E-state index in [0.717, 1.165) is 23.1 Å². The zero-order chi connectivity index (χ0) is 22.7. The van der Waals surface area contributed by atoms with Gasteiger partial charge >= 0.3 is 0 Å². The summed E-state index contributed by atoms with van der Waals surface area (Å²) >= 11 is 0. The second kappa shape index (κ2) is 9.22. The molecule has 0 bridgehead atoms. The minimum atomic E-state index is -0.305. The van der Waals surface area contributed by atoms with Gasteiger partial charge in [0.1, 0.15) is 5.75 Å². The third kappa shape index (κ3) is 3.96. The molecule has 3 aromatic rings. The predicted octanol–water partition coefficient (Wildman–Crippen LogP) is 4.49. The second-order valence-corrected chi connectivity index (χ2v) is 7.85. The molecule has 0 aromatic heterocycles. The van der Waals surface area contributed by atoms with Gasteiger partial charge in [-0.1, -0.05) is 49.4 Å². The van der Waals surface area contributed by atoms with Crippen LogP contribution >= 0.6 is 0 Å². The van der Waals surface area contributed by atoms with E-state index in [1.54, 1.807) is 19.2 Å². The van der Waals surface area contributed by atoms with E-state index in [2.05, 4.69) is 5.32 Å². The lowest BCUT2D eigenvalue weighted by molar-refractivity contribution is -0.122. The Hall–Kier alpha value is -3.67. The fourth-order valence-electron chi connectivity index (χ4n) is 4.30. The molecule has 0 spiro atoms. The number of carbonyl (C=O) groups is 3. The van der Waals surface area contributed by atoms with Crippen molar-refractivity contribution >= 4 is 28.5 Å². The van der Waals surface area contributed by atoms with Crippen LogP contribution in [0.1, 0.15) is 58.5 Å². The zero-order valence-electron chi connectivity index (χ0n) is 18.3. The smallest absolute Gasteiger partial charge is 0.261 e. The van der Waals surface area contributed by atoms with E-state index in [1.165, 1.54) is 4.90 Å². The zero-order valence-corrected chi connectivity index (χ0v) is 18.3. The summed E-state index contributed by atoms with van der Waals surface area (Å²) in [6.07, 6.45) is 1.33. The molecule has 0 saturated heterocycles. The average molecular weight is 431 g/mol. The highest BCUT2D eigenvalue weighted by Gasteiger charge is 2.32. The molecule has 0 aliphatic carbocycles. The van der Waals surface area contributed by atoms with E-state index >= 15 is 0 Å². The van der Waals surface area contributed by atoms with Crippen molar-refractivity contribution in [3.63, 3.8) is 0 Å². The van der Waals surface area contributed by atoms with Crippen LogP contribution in [-0.4, -0.2) is 36.3 Å². The molecule has 0 saturated carbocycles. The van der Waals surface area contributed by atoms with Crippen LogP contribution in [0.5, 0.6) is 5.75 Å². The second-order valence-electron chi connectivity index (χ2n) is 7.85. The Balaban J connectivity index is 1.41. The summed E-state index contributed by atoms with van der Waals surface area (Å²) in [5, 5.41) is 4.63. The molecule has 3 amide bonds. The van der Waals surface area contributed by atoms with Crippen LogP contribution in [0.3, 0.4) is 0 Å². The minimum Gasteiger partial charge on any atom is -0.496 e. The van der Waals surface area contributed by atoms with Gasteiger partial charge in [0.25, 0.3) is 11.8 Å². The number of imide groups is 1. The van der Waals surface area contributed by atoms with Crippen molar-refractivity contribution in [2.45, 2.75) is 32.2 Å². The molecular weight excluding hydrogens is 404 g/mol. The number of rotatable bonds is 8. The van der Waals surface area contributed by atoms with Crippen LogP contribution in [0.15, 0.2) is 60.7 Å². The number of carbonyl (C=O) groups excluding carboxylic acids is 3. The molecule has 32 heavy (non-hydrogen) atoms. The van der Waals surface area contributed by atoms with Gasteiger partial charge in [-0.25, -0.2) is 0 Å². The molecule has 1 unspecified atom stereocenters. The Kier molecular flexibility index (Phi) is 6.21. The predicted molar refractivity (Wildman–Crippen MR) is 123 cm³/mol. The molecule has 6 nitrogen and oxygen atoms in total. The first-order chi connectivity index (χ1) is 15.5. The quantitative estimate of drug-likeness (QED) is 0.534. The molecule has 3 aromatic carbocycles. The number of nitrogens with one attached hydrogen (secondary N) is 1. The van der Waals surface area contributed by atoms with Gasteiger partial charge in [-0.05, 0) is 36.4 Å². The fourth-order valence-corrected chi connectivity index (χ4v) is 4.30. The maximum atomic E-state index is 13.0. The minimum absolute atomic E-state index is 0.123. The van der Waals surface area contributed by atoms with Crippen molar-refractivity contribution in [2.75, 3.05) is 13.7 Å². The van der Waals surface area contributed by atoms with Crippen molar-refractivity contribution in [1.82, 2.24) is 10.2 Å². The number of hydrogen-bond acceptors (Lipinski definition) is 4. The van der Waals surface area contributed by atoms with Crippen LogP contribution in [0.25, 0.3) is 10.8 Å². The average Bonchev–Trinajstić information content (AvgIpc) is 2.83. The molecule has 4 rings (SSSR count). The van der Waals surface area contributed by atoms with Crippen molar-refractivity contribution in [3.8, 4) is 5.75 Å². The van der Waals surface area contributed by atoms with Gasteiger partial charge in [0.2, 0.25) is 5.91 Å². The molecule has 1 aliphatic rings. The Morgan fingerprint density at radius 1 is 0.969 bits per heavy atom. The van der Waals surface area contributed by atoms with Crippen molar-refractivity contribution in [3.05, 3.63) is 77.4 Å². The Morgan fingerprint density at radius 3 is 2.25 bits per heavy atom. The first-order valence-corrected chi connectivity index (χ1v) is 10.8. The third-order valence-corrected chi connectivity index (χ3v) is 5.90. The lowest BCUT2D eigenvalue weighted by Gasteiger charge is -2.27. The lowest BCUT2D eigenvalue weighted by Crippen LogP contribution is -2.41. The highest BCUT2D eigenvalue weighted by atomic mass is 16.5. The van der Waals surface area contributed by atoms with Crippen LogP contribution in [0.2, 0.25) is 0 Å². The summed E-state index contributed by atoms with van der Waals surface area (Å²) in [7, 11) is 1.61. The summed E-state index contributed by atoms with van der Waals surface area (Å²) in [5.41, 5.74) is 1.99. The summed E-state index contributed by atoms with van der Waals surface area (Å²) in [5.74, 6) is -0.000467. The van der Waals surface area contributed by atoms with Gasteiger partial charge in [-0.3, -0.25) is 19.3 Å². The fraction of sp³-hybridized carbons (Fsp3) is 0.269. The topological polar surface area (TPSA) is 75.7 Å². The number of para-hydroxylation sites is 1. The summed E-state index contributed by atoms with van der Waals surface area (Å²) < 4.78 is 5.41. The maximum absolute atomic E-state index is 13.0. The molecule has 1 aliphatic heterocycles. The van der Waals surface area contributed by atoms with Gasteiger partial charge < -0.3 is 10.1 Å². The molecule has 0 fully saturated rings. The van der Waals surface area contributed by atoms with Crippen molar-refractivity contribution in [2.24, 2.45) is 0 Å². The molecule has 1 atom stereocenters. The molecule has 164 valence electrons. The number of hydrogen-bond donors (Lipinski definition) is 1. The number of amides is 3.